The number of aromatic nitrogens is 1. The summed E-state index contributed by atoms with van der Waals surface area (Å²) in [6.45, 7) is 0.425. The van der Waals surface area contributed by atoms with Crippen LogP contribution in [-0.4, -0.2) is 11.2 Å². The summed E-state index contributed by atoms with van der Waals surface area (Å²) in [6, 6.07) is 11.6. The highest BCUT2D eigenvalue weighted by Gasteiger charge is 1.99. The first-order valence-electron chi connectivity index (χ1n) is 5.50. The van der Waals surface area contributed by atoms with E-state index in [0.29, 0.717) is 6.61 Å². The molecule has 0 saturated carbocycles. The fourth-order valence-electron chi connectivity index (χ4n) is 1.48. The number of hydrogen-bond acceptors (Lipinski definition) is 5. The number of nitrogens with two attached hydrogens (primary N) is 1. The summed E-state index contributed by atoms with van der Waals surface area (Å²) >= 11 is 1.71. The van der Waals surface area contributed by atoms with Crippen molar-refractivity contribution >= 4 is 17.4 Å². The van der Waals surface area contributed by atoms with Gasteiger partial charge in [-0.15, -0.1) is 11.8 Å². The van der Waals surface area contributed by atoms with Crippen LogP contribution in [0.2, 0.25) is 0 Å². The van der Waals surface area contributed by atoms with Crippen LogP contribution in [0.5, 0.6) is 5.75 Å². The molecule has 0 aliphatic heterocycles. The van der Waals surface area contributed by atoms with Crippen LogP contribution in [0.15, 0.2) is 47.5 Å². The van der Waals surface area contributed by atoms with Gasteiger partial charge in [-0.2, -0.15) is 0 Å². The van der Waals surface area contributed by atoms with Crippen molar-refractivity contribution < 1.29 is 4.74 Å². The molecule has 1 aromatic carbocycles. The van der Waals surface area contributed by atoms with Gasteiger partial charge in [-0.25, -0.2) is 0 Å². The molecule has 0 unspecified atom stereocenters. The molecule has 2 rings (SSSR count). The largest absolute Gasteiger partial charge is 0.487 e. The average molecular weight is 261 g/mol. The van der Waals surface area contributed by atoms with Crippen molar-refractivity contribution in [2.24, 2.45) is 5.84 Å². The van der Waals surface area contributed by atoms with Gasteiger partial charge in [0.2, 0.25) is 0 Å². The summed E-state index contributed by atoms with van der Waals surface area (Å²) in [5.74, 6) is 6.17. The lowest BCUT2D eigenvalue weighted by atomic mass is 10.3. The minimum atomic E-state index is 0.425. The maximum atomic E-state index is 5.65. The maximum absolute atomic E-state index is 5.65. The monoisotopic (exact) mass is 261 g/mol. The third-order valence-electron chi connectivity index (χ3n) is 2.43. The number of nitrogens with one attached hydrogen (secondary N) is 1. The molecular weight excluding hydrogens is 246 g/mol. The number of rotatable bonds is 5. The number of nitrogen functional groups attached to an aromatic ring is 1. The van der Waals surface area contributed by atoms with Crippen molar-refractivity contribution in [3.05, 3.63) is 48.3 Å². The molecule has 18 heavy (non-hydrogen) atoms. The molecule has 1 heterocycles. The Bertz CT molecular complexity index is 502. The molecule has 0 aliphatic carbocycles. The van der Waals surface area contributed by atoms with E-state index in [0.717, 1.165) is 17.1 Å². The van der Waals surface area contributed by atoms with Crippen LogP contribution in [0.3, 0.4) is 0 Å². The molecule has 0 fully saturated rings. The Labute approximate surface area is 111 Å². The highest BCUT2D eigenvalue weighted by atomic mass is 32.2. The van der Waals surface area contributed by atoms with Gasteiger partial charge >= 0.3 is 0 Å². The van der Waals surface area contributed by atoms with E-state index >= 15 is 0 Å². The molecule has 2 aromatic rings. The summed E-state index contributed by atoms with van der Waals surface area (Å²) in [6.07, 6.45) is 3.75. The molecule has 94 valence electrons. The van der Waals surface area contributed by atoms with Crippen molar-refractivity contribution in [2.45, 2.75) is 11.5 Å². The van der Waals surface area contributed by atoms with Crippen molar-refractivity contribution in [1.29, 1.82) is 0 Å². The van der Waals surface area contributed by atoms with Crippen LogP contribution in [-0.2, 0) is 6.61 Å². The minimum Gasteiger partial charge on any atom is -0.487 e. The van der Waals surface area contributed by atoms with Crippen LogP contribution in [0, 0.1) is 0 Å². The lowest BCUT2D eigenvalue weighted by Crippen LogP contribution is -2.08. The molecule has 0 radical (unpaired) electrons. The number of nitrogens with zero attached hydrogens (tertiary/aromatic N) is 1. The predicted molar refractivity (Wildman–Crippen MR) is 74.6 cm³/mol. The lowest BCUT2D eigenvalue weighted by Gasteiger charge is -2.07. The van der Waals surface area contributed by atoms with Gasteiger partial charge in [0.15, 0.2) is 0 Å². The zero-order valence-electron chi connectivity index (χ0n) is 10.1. The van der Waals surface area contributed by atoms with Crippen LogP contribution in [0.4, 0.5) is 5.69 Å². The van der Waals surface area contributed by atoms with Gasteiger partial charge in [-0.05, 0) is 42.7 Å². The maximum Gasteiger partial charge on any atom is 0.130 e. The number of benzene rings is 1. The molecule has 0 bridgehead atoms. The smallest absolute Gasteiger partial charge is 0.130 e. The Morgan fingerprint density at radius 2 is 2.06 bits per heavy atom. The van der Waals surface area contributed by atoms with Crippen LogP contribution >= 0.6 is 11.8 Å². The summed E-state index contributed by atoms with van der Waals surface area (Å²) in [5.41, 5.74) is 4.24. The standard InChI is InChI=1S/C13H15N3OS/c1-18-13-4-2-12(3-5-13)17-9-11-8-10(16-14)6-7-15-11/h2-8H,9,14H2,1H3,(H,15,16). The predicted octanol–water partition coefficient (Wildman–Crippen LogP) is 2.67. The minimum absolute atomic E-state index is 0.425. The molecule has 3 N–H and O–H groups in total. The van der Waals surface area contributed by atoms with E-state index in [2.05, 4.69) is 10.4 Å². The average Bonchev–Trinajstić information content (AvgIpc) is 2.46. The van der Waals surface area contributed by atoms with E-state index in [1.807, 2.05) is 36.6 Å². The molecule has 0 aliphatic rings. The summed E-state index contributed by atoms with van der Waals surface area (Å²) < 4.78 is 5.65. The highest BCUT2D eigenvalue weighted by Crippen LogP contribution is 2.19. The van der Waals surface area contributed by atoms with E-state index in [4.69, 9.17) is 10.6 Å². The van der Waals surface area contributed by atoms with E-state index in [9.17, 15) is 0 Å². The summed E-state index contributed by atoms with van der Waals surface area (Å²) in [7, 11) is 0. The molecule has 0 amide bonds. The van der Waals surface area contributed by atoms with Crippen molar-refractivity contribution in [1.82, 2.24) is 4.98 Å². The zero-order valence-corrected chi connectivity index (χ0v) is 10.9. The van der Waals surface area contributed by atoms with Crippen LogP contribution in [0.1, 0.15) is 5.69 Å². The Morgan fingerprint density at radius 3 is 2.72 bits per heavy atom. The Hall–Kier alpha value is -1.72. The Morgan fingerprint density at radius 1 is 1.28 bits per heavy atom. The number of hydrogen-bond donors (Lipinski definition) is 2. The topological polar surface area (TPSA) is 60.2 Å². The number of hydrazine groups is 1. The van der Waals surface area contributed by atoms with Crippen molar-refractivity contribution in [3.63, 3.8) is 0 Å². The Balaban J connectivity index is 1.97. The fraction of sp³-hybridized carbons (Fsp3) is 0.154. The van der Waals surface area contributed by atoms with E-state index in [1.165, 1.54) is 4.90 Å². The molecule has 0 atom stereocenters. The van der Waals surface area contributed by atoms with Crippen molar-refractivity contribution in [2.75, 3.05) is 11.7 Å². The number of pyridine rings is 1. The molecule has 5 heteroatoms. The van der Waals surface area contributed by atoms with Crippen molar-refractivity contribution in [3.8, 4) is 5.75 Å². The van der Waals surface area contributed by atoms with Gasteiger partial charge in [0.05, 0.1) is 11.4 Å². The van der Waals surface area contributed by atoms with Gasteiger partial charge in [0.1, 0.15) is 12.4 Å². The Kier molecular flexibility index (Phi) is 4.44. The van der Waals surface area contributed by atoms with Gasteiger partial charge in [-0.3, -0.25) is 10.8 Å². The lowest BCUT2D eigenvalue weighted by molar-refractivity contribution is 0.301. The highest BCUT2D eigenvalue weighted by molar-refractivity contribution is 7.98. The third-order valence-corrected chi connectivity index (χ3v) is 3.17. The molecule has 4 nitrogen and oxygen atoms in total. The molecule has 1 aromatic heterocycles. The molecule has 0 spiro atoms. The van der Waals surface area contributed by atoms with Gasteiger partial charge in [0, 0.05) is 11.1 Å². The second-order valence-electron chi connectivity index (χ2n) is 3.64. The summed E-state index contributed by atoms with van der Waals surface area (Å²) in [5, 5.41) is 0. The summed E-state index contributed by atoms with van der Waals surface area (Å²) in [4.78, 5) is 5.43. The fourth-order valence-corrected chi connectivity index (χ4v) is 1.88. The molecular formula is C13H15N3OS. The second kappa shape index (κ2) is 6.28. The van der Waals surface area contributed by atoms with Gasteiger partial charge < -0.3 is 10.2 Å². The first kappa shape index (κ1) is 12.7. The number of ether oxygens (including phenoxy) is 1. The first-order chi connectivity index (χ1) is 8.81. The SMILES string of the molecule is CSc1ccc(OCc2cc(NN)ccn2)cc1. The van der Waals surface area contributed by atoms with Gasteiger partial charge in [0.25, 0.3) is 0 Å². The van der Waals surface area contributed by atoms with Crippen LogP contribution < -0.4 is 16.0 Å². The van der Waals surface area contributed by atoms with E-state index < -0.39 is 0 Å². The molecule has 0 saturated heterocycles. The first-order valence-corrected chi connectivity index (χ1v) is 6.72. The number of anilines is 1. The quantitative estimate of drug-likeness (QED) is 0.492. The third kappa shape index (κ3) is 3.38. The zero-order chi connectivity index (χ0) is 12.8. The number of thioether (sulfide) groups is 1. The van der Waals surface area contributed by atoms with E-state index in [-0.39, 0.29) is 0 Å². The normalized spacial score (nSPS) is 10.1. The van der Waals surface area contributed by atoms with Gasteiger partial charge in [-0.1, -0.05) is 0 Å². The van der Waals surface area contributed by atoms with Crippen LogP contribution in [0.25, 0.3) is 0 Å². The van der Waals surface area contributed by atoms with E-state index in [1.54, 1.807) is 24.0 Å². The second-order valence-corrected chi connectivity index (χ2v) is 4.52.